The van der Waals surface area contributed by atoms with E-state index in [0.29, 0.717) is 22.2 Å². The van der Waals surface area contributed by atoms with Crippen LogP contribution in [-0.4, -0.2) is 40.4 Å². The monoisotopic (exact) mass is 596 g/mol. The second-order valence-corrected chi connectivity index (χ2v) is 9.64. The van der Waals surface area contributed by atoms with Crippen LogP contribution in [0.2, 0.25) is 0 Å². The van der Waals surface area contributed by atoms with Crippen LogP contribution in [0.4, 0.5) is 0 Å². The summed E-state index contributed by atoms with van der Waals surface area (Å²) in [5.41, 5.74) is 1.86. The summed E-state index contributed by atoms with van der Waals surface area (Å²) < 4.78 is 0. The third kappa shape index (κ3) is 7.49. The largest absolute Gasteiger partial charge is 0.507 e. The molecule has 0 radical (unpaired) electrons. The molecule has 0 fully saturated rings. The van der Waals surface area contributed by atoms with Crippen molar-refractivity contribution in [1.29, 1.82) is 0 Å². The molecule has 0 aliphatic heterocycles. The summed E-state index contributed by atoms with van der Waals surface area (Å²) in [5, 5.41) is 41.6. The van der Waals surface area contributed by atoms with E-state index in [1.54, 1.807) is 91.5 Å². The molecule has 0 aliphatic carbocycles. The molecular weight excluding hydrogens is 568 g/mol. The van der Waals surface area contributed by atoms with Crippen LogP contribution in [0.25, 0.3) is 43.5 Å². The first kappa shape index (κ1) is 30.0. The molecule has 0 saturated heterocycles. The van der Waals surface area contributed by atoms with Crippen molar-refractivity contribution in [2.45, 2.75) is 0 Å². The minimum atomic E-state index is -0.286. The summed E-state index contributed by atoms with van der Waals surface area (Å²) >= 11 is 0. The van der Waals surface area contributed by atoms with E-state index in [-0.39, 0.29) is 22.8 Å². The first-order chi connectivity index (χ1) is 21.9. The van der Waals surface area contributed by atoms with Gasteiger partial charge in [-0.15, -0.1) is 0 Å². The van der Waals surface area contributed by atoms with E-state index in [2.05, 4.69) is 19.9 Å². The molecule has 0 bridgehead atoms. The van der Waals surface area contributed by atoms with E-state index in [4.69, 9.17) is 0 Å². The van der Waals surface area contributed by atoms with E-state index in [9.17, 15) is 25.2 Å². The number of fused-ring (bicyclic) bond motifs is 4. The Labute approximate surface area is 257 Å². The first-order valence-corrected chi connectivity index (χ1v) is 13.8. The summed E-state index contributed by atoms with van der Waals surface area (Å²) in [6.07, 6.45) is 6.78. The highest BCUT2D eigenvalue weighted by Gasteiger charge is 1.99. The molecule has 0 atom stereocenters. The zero-order valence-electron chi connectivity index (χ0n) is 23.8. The second kappa shape index (κ2) is 14.1. The van der Waals surface area contributed by atoms with Gasteiger partial charge in [0, 0.05) is 57.8 Å². The van der Waals surface area contributed by atoms with Crippen LogP contribution in [0.1, 0.15) is 0 Å². The minimum absolute atomic E-state index is 0.0225. The molecule has 8 rings (SSSR count). The highest BCUT2D eigenvalue weighted by atomic mass is 16.3. The number of aromatic amines is 1. The number of benzene rings is 4. The van der Waals surface area contributed by atoms with Crippen LogP contribution in [-0.2, 0) is 0 Å². The molecule has 0 saturated carbocycles. The van der Waals surface area contributed by atoms with Crippen molar-refractivity contribution in [3.8, 4) is 23.0 Å². The number of phenolic OH excluding ortho intramolecular Hbond substituents is 3. The fraction of sp³-hybridized carbons (Fsp3) is 0. The number of pyridine rings is 4. The molecule has 9 nitrogen and oxygen atoms in total. The number of hydrogen-bond acceptors (Lipinski definition) is 8. The molecule has 0 spiro atoms. The molecule has 0 unspecified atom stereocenters. The van der Waals surface area contributed by atoms with Gasteiger partial charge in [-0.05, 0) is 60.7 Å². The molecule has 8 aromatic rings. The van der Waals surface area contributed by atoms with Gasteiger partial charge in [0.2, 0.25) is 0 Å². The Morgan fingerprint density at radius 3 is 1.93 bits per heavy atom. The predicted octanol–water partition coefficient (Wildman–Crippen LogP) is 7.05. The van der Waals surface area contributed by atoms with Crippen molar-refractivity contribution in [2.75, 3.05) is 0 Å². The van der Waals surface area contributed by atoms with E-state index >= 15 is 0 Å². The van der Waals surface area contributed by atoms with Crippen LogP contribution < -0.4 is 5.56 Å². The summed E-state index contributed by atoms with van der Waals surface area (Å²) in [6.45, 7) is 0. The Bertz CT molecular complexity index is 2070. The third-order valence-electron chi connectivity index (χ3n) is 6.62. The molecule has 4 aromatic carbocycles. The number of hydrogen-bond donors (Lipinski definition) is 5. The third-order valence-corrected chi connectivity index (χ3v) is 6.62. The number of rotatable bonds is 0. The Balaban J connectivity index is 0.000000119. The zero-order chi connectivity index (χ0) is 31.6. The van der Waals surface area contributed by atoms with Crippen LogP contribution in [0.3, 0.4) is 0 Å². The predicted molar refractivity (Wildman–Crippen MR) is 176 cm³/mol. The van der Waals surface area contributed by atoms with Crippen molar-refractivity contribution in [2.24, 2.45) is 0 Å². The van der Waals surface area contributed by atoms with E-state index < -0.39 is 0 Å². The highest BCUT2D eigenvalue weighted by Crippen LogP contribution is 2.23. The lowest BCUT2D eigenvalue weighted by Crippen LogP contribution is -2.02. The molecule has 4 heterocycles. The summed E-state index contributed by atoms with van der Waals surface area (Å²) in [6, 6.07) is 33.6. The van der Waals surface area contributed by atoms with E-state index in [1.807, 2.05) is 42.5 Å². The van der Waals surface area contributed by atoms with Gasteiger partial charge in [-0.25, -0.2) is 0 Å². The molecule has 45 heavy (non-hydrogen) atoms. The van der Waals surface area contributed by atoms with E-state index in [0.717, 1.165) is 27.1 Å². The van der Waals surface area contributed by atoms with Gasteiger partial charge >= 0.3 is 0 Å². The number of aromatic hydroxyl groups is 4. The standard InChI is InChI=1S/C9H7NO2.3C9H7NO/c11-8-5-9(12)10-7-4-2-1-3-6(7)8;11-9-5-1-4-8-7(9)3-2-6-10-8;11-8-5-1-3-7-4-2-6-10-9(7)8;11-9-3-1-2-7-6-10-5-4-8(7)9/h1-5H,(H2,10,11,12);3*1-6,11H. The Morgan fingerprint density at radius 2 is 1.16 bits per heavy atom. The van der Waals surface area contributed by atoms with Crippen LogP contribution in [0.15, 0.2) is 145 Å². The maximum absolute atomic E-state index is 10.9. The molecular formula is C36H28N4O5. The first-order valence-electron chi connectivity index (χ1n) is 13.8. The lowest BCUT2D eigenvalue weighted by atomic mass is 10.2. The quantitative estimate of drug-likeness (QED) is 0.125. The Hall–Kier alpha value is -6.48. The lowest BCUT2D eigenvalue weighted by Gasteiger charge is -1.97. The highest BCUT2D eigenvalue weighted by molar-refractivity contribution is 5.87. The van der Waals surface area contributed by atoms with Crippen molar-refractivity contribution >= 4 is 43.5 Å². The number of nitrogens with zero attached hydrogens (tertiary/aromatic N) is 3. The number of para-hydroxylation sites is 2. The van der Waals surface area contributed by atoms with Gasteiger partial charge in [-0.1, -0.05) is 48.5 Å². The normalized spacial score (nSPS) is 10.2. The molecule has 0 amide bonds. The van der Waals surface area contributed by atoms with Crippen LogP contribution in [0.5, 0.6) is 23.0 Å². The zero-order valence-corrected chi connectivity index (χ0v) is 23.8. The van der Waals surface area contributed by atoms with Gasteiger partial charge in [-0.3, -0.25) is 19.7 Å². The number of H-pyrrole nitrogens is 1. The molecule has 4 aromatic heterocycles. The van der Waals surface area contributed by atoms with Gasteiger partial charge < -0.3 is 25.4 Å². The van der Waals surface area contributed by atoms with Gasteiger partial charge in [0.1, 0.15) is 28.5 Å². The van der Waals surface area contributed by atoms with Crippen LogP contribution >= 0.6 is 0 Å². The van der Waals surface area contributed by atoms with Crippen molar-refractivity contribution in [3.05, 3.63) is 150 Å². The maximum Gasteiger partial charge on any atom is 0.252 e. The fourth-order valence-electron chi connectivity index (χ4n) is 4.47. The molecule has 0 aliphatic rings. The number of aromatic nitrogens is 4. The van der Waals surface area contributed by atoms with Gasteiger partial charge in [0.15, 0.2) is 0 Å². The maximum atomic E-state index is 10.9. The fourth-order valence-corrected chi connectivity index (χ4v) is 4.47. The smallest absolute Gasteiger partial charge is 0.252 e. The van der Waals surface area contributed by atoms with Gasteiger partial charge in [0.05, 0.1) is 11.0 Å². The molecule has 222 valence electrons. The van der Waals surface area contributed by atoms with Crippen molar-refractivity contribution < 1.29 is 20.4 Å². The van der Waals surface area contributed by atoms with Gasteiger partial charge in [-0.2, -0.15) is 0 Å². The SMILES string of the molecule is O=c1cc(O)c2ccccc2[nH]1.Oc1cccc2cccnc12.Oc1cccc2cnccc12.Oc1cccc2ncccc12. The number of phenols is 3. The average Bonchev–Trinajstić information content (AvgIpc) is 3.07. The Kier molecular flexibility index (Phi) is 9.41. The molecule has 9 heteroatoms. The Morgan fingerprint density at radius 1 is 0.511 bits per heavy atom. The summed E-state index contributed by atoms with van der Waals surface area (Å²) in [7, 11) is 0. The second-order valence-electron chi connectivity index (χ2n) is 9.64. The average molecular weight is 597 g/mol. The van der Waals surface area contributed by atoms with Crippen LogP contribution in [0, 0.1) is 0 Å². The topological polar surface area (TPSA) is 152 Å². The summed E-state index contributed by atoms with van der Waals surface area (Å²) in [5.74, 6) is 0.859. The van der Waals surface area contributed by atoms with Gasteiger partial charge in [0.25, 0.3) is 5.56 Å². The summed E-state index contributed by atoms with van der Waals surface area (Å²) in [4.78, 5) is 25.6. The number of nitrogens with one attached hydrogen (secondary N) is 1. The minimum Gasteiger partial charge on any atom is -0.507 e. The van der Waals surface area contributed by atoms with Crippen molar-refractivity contribution in [3.63, 3.8) is 0 Å². The van der Waals surface area contributed by atoms with Crippen molar-refractivity contribution in [1.82, 2.24) is 19.9 Å². The van der Waals surface area contributed by atoms with E-state index in [1.165, 1.54) is 6.07 Å². The lowest BCUT2D eigenvalue weighted by molar-refractivity contribution is 0.480. The molecule has 5 N–H and O–H groups in total.